The highest BCUT2D eigenvalue weighted by Gasteiger charge is 2.05. The molecule has 0 atom stereocenters. The molecule has 0 aliphatic carbocycles. The highest BCUT2D eigenvalue weighted by atomic mass is 19.1. The standard InChI is InChI=1S/C20H17FN2O2/c21-17-10-4-5-11-18(17)25-15-20(24)22-19-12-6-7-13-23(19)14-16-8-2-1-3-9-16/h1-13H,14-15H2. The summed E-state index contributed by atoms with van der Waals surface area (Å²) >= 11 is 0. The molecule has 1 amide bonds. The number of hydrogen-bond donors (Lipinski definition) is 0. The Labute approximate surface area is 144 Å². The van der Waals surface area contributed by atoms with Gasteiger partial charge in [0, 0.05) is 12.7 Å². The molecule has 0 bridgehead atoms. The van der Waals surface area contributed by atoms with Crippen molar-refractivity contribution in [1.29, 1.82) is 0 Å². The lowest BCUT2D eigenvalue weighted by molar-refractivity contribution is -0.120. The van der Waals surface area contributed by atoms with E-state index in [1.54, 1.807) is 18.2 Å². The number of hydrogen-bond acceptors (Lipinski definition) is 2. The second-order valence-electron chi connectivity index (χ2n) is 5.40. The summed E-state index contributed by atoms with van der Waals surface area (Å²) in [7, 11) is 0. The highest BCUT2D eigenvalue weighted by Crippen LogP contribution is 2.14. The number of benzene rings is 2. The zero-order valence-electron chi connectivity index (χ0n) is 13.5. The lowest BCUT2D eigenvalue weighted by Crippen LogP contribution is -2.23. The van der Waals surface area contributed by atoms with Gasteiger partial charge in [-0.05, 0) is 29.8 Å². The molecule has 0 saturated heterocycles. The number of rotatable bonds is 5. The van der Waals surface area contributed by atoms with Gasteiger partial charge in [-0.2, -0.15) is 4.99 Å². The van der Waals surface area contributed by atoms with Crippen molar-refractivity contribution in [3.05, 3.63) is 95.9 Å². The summed E-state index contributed by atoms with van der Waals surface area (Å²) in [5.41, 5.74) is 1.62. The molecule has 126 valence electrons. The van der Waals surface area contributed by atoms with Crippen LogP contribution in [-0.4, -0.2) is 17.1 Å². The number of pyridine rings is 1. The summed E-state index contributed by atoms with van der Waals surface area (Å²) in [5.74, 6) is -0.943. The van der Waals surface area contributed by atoms with Gasteiger partial charge < -0.3 is 9.30 Å². The maximum atomic E-state index is 13.5. The van der Waals surface area contributed by atoms with Gasteiger partial charge in [-0.25, -0.2) is 4.39 Å². The third-order valence-electron chi connectivity index (χ3n) is 3.54. The molecule has 0 radical (unpaired) electrons. The van der Waals surface area contributed by atoms with E-state index in [1.165, 1.54) is 12.1 Å². The third kappa shape index (κ3) is 4.64. The van der Waals surface area contributed by atoms with Crippen LogP contribution in [0.4, 0.5) is 4.39 Å². The van der Waals surface area contributed by atoms with Crippen LogP contribution in [0.2, 0.25) is 0 Å². The molecule has 1 aromatic heterocycles. The van der Waals surface area contributed by atoms with Gasteiger partial charge in [0.1, 0.15) is 5.49 Å². The fourth-order valence-corrected chi connectivity index (χ4v) is 2.34. The first-order valence-corrected chi connectivity index (χ1v) is 7.86. The Kier molecular flexibility index (Phi) is 5.36. The predicted octanol–water partition coefficient (Wildman–Crippen LogP) is 3.18. The fraction of sp³-hybridized carbons (Fsp3) is 0.100. The van der Waals surface area contributed by atoms with Crippen molar-refractivity contribution in [1.82, 2.24) is 4.57 Å². The van der Waals surface area contributed by atoms with Gasteiger partial charge in [0.15, 0.2) is 18.2 Å². The summed E-state index contributed by atoms with van der Waals surface area (Å²) in [6, 6.07) is 21.3. The number of nitrogens with zero attached hydrogens (tertiary/aromatic N) is 2. The van der Waals surface area contributed by atoms with Crippen LogP contribution in [0.5, 0.6) is 5.75 Å². The molecule has 3 rings (SSSR count). The van der Waals surface area contributed by atoms with Crippen LogP contribution in [0.15, 0.2) is 84.0 Å². The summed E-state index contributed by atoms with van der Waals surface area (Å²) in [5, 5.41) is 0. The van der Waals surface area contributed by atoms with Crippen LogP contribution in [0.3, 0.4) is 0 Å². The van der Waals surface area contributed by atoms with Crippen molar-refractivity contribution in [2.75, 3.05) is 6.61 Å². The third-order valence-corrected chi connectivity index (χ3v) is 3.54. The number of amides is 1. The SMILES string of the molecule is O=C(COc1ccccc1F)N=c1ccccn1Cc1ccccc1. The van der Waals surface area contributed by atoms with Gasteiger partial charge >= 0.3 is 0 Å². The number of carbonyl (C=O) groups excluding carboxylic acids is 1. The number of ether oxygens (including phenoxy) is 1. The van der Waals surface area contributed by atoms with Crippen LogP contribution < -0.4 is 10.2 Å². The normalized spacial score (nSPS) is 11.3. The average molecular weight is 336 g/mol. The quantitative estimate of drug-likeness (QED) is 0.718. The second-order valence-corrected chi connectivity index (χ2v) is 5.40. The Morgan fingerprint density at radius 1 is 0.960 bits per heavy atom. The minimum absolute atomic E-state index is 0.0382. The summed E-state index contributed by atoms with van der Waals surface area (Å²) in [4.78, 5) is 16.2. The molecule has 0 fully saturated rings. The van der Waals surface area contributed by atoms with Gasteiger partial charge in [0.2, 0.25) is 0 Å². The molecule has 0 saturated carbocycles. The molecule has 5 heteroatoms. The van der Waals surface area contributed by atoms with Gasteiger partial charge in [-0.15, -0.1) is 0 Å². The minimum atomic E-state index is -0.505. The Morgan fingerprint density at radius 2 is 1.68 bits per heavy atom. The number of para-hydroxylation sites is 1. The first-order chi connectivity index (χ1) is 12.2. The van der Waals surface area contributed by atoms with E-state index >= 15 is 0 Å². The second kappa shape index (κ2) is 8.06. The summed E-state index contributed by atoms with van der Waals surface area (Å²) < 4.78 is 20.6. The minimum Gasteiger partial charge on any atom is -0.481 e. The summed E-state index contributed by atoms with van der Waals surface area (Å²) in [6.07, 6.45) is 1.86. The van der Waals surface area contributed by atoms with Crippen molar-refractivity contribution < 1.29 is 13.9 Å². The van der Waals surface area contributed by atoms with E-state index in [9.17, 15) is 9.18 Å². The van der Waals surface area contributed by atoms with E-state index < -0.39 is 11.7 Å². The maximum absolute atomic E-state index is 13.5. The van der Waals surface area contributed by atoms with E-state index in [1.807, 2.05) is 53.2 Å². The van der Waals surface area contributed by atoms with Crippen molar-refractivity contribution in [2.45, 2.75) is 6.54 Å². The van der Waals surface area contributed by atoms with Crippen LogP contribution in [0.1, 0.15) is 5.56 Å². The zero-order valence-corrected chi connectivity index (χ0v) is 13.5. The van der Waals surface area contributed by atoms with E-state index in [0.29, 0.717) is 12.0 Å². The molecule has 4 nitrogen and oxygen atoms in total. The Morgan fingerprint density at radius 3 is 2.48 bits per heavy atom. The molecule has 0 aliphatic rings. The van der Waals surface area contributed by atoms with E-state index in [-0.39, 0.29) is 12.4 Å². The molecule has 25 heavy (non-hydrogen) atoms. The van der Waals surface area contributed by atoms with Crippen LogP contribution in [0.25, 0.3) is 0 Å². The average Bonchev–Trinajstić information content (AvgIpc) is 2.64. The molecule has 0 aliphatic heterocycles. The lowest BCUT2D eigenvalue weighted by Gasteiger charge is -2.08. The number of aromatic nitrogens is 1. The van der Waals surface area contributed by atoms with Crippen molar-refractivity contribution in [3.8, 4) is 5.75 Å². The largest absolute Gasteiger partial charge is 0.481 e. The maximum Gasteiger partial charge on any atom is 0.285 e. The molecule has 1 heterocycles. The first kappa shape index (κ1) is 16.6. The molecule has 2 aromatic carbocycles. The molecule has 0 spiro atoms. The van der Waals surface area contributed by atoms with Gasteiger partial charge in [-0.1, -0.05) is 48.5 Å². The molecule has 0 N–H and O–H groups in total. The zero-order chi connectivity index (χ0) is 17.5. The Hall–Kier alpha value is -3.21. The van der Waals surface area contributed by atoms with E-state index in [2.05, 4.69) is 4.99 Å². The molecular weight excluding hydrogens is 319 g/mol. The number of carbonyl (C=O) groups is 1. The topological polar surface area (TPSA) is 43.6 Å². The predicted molar refractivity (Wildman–Crippen MR) is 92.4 cm³/mol. The van der Waals surface area contributed by atoms with Gasteiger partial charge in [0.05, 0.1) is 0 Å². The van der Waals surface area contributed by atoms with Crippen LogP contribution in [0, 0.1) is 5.82 Å². The van der Waals surface area contributed by atoms with Crippen molar-refractivity contribution in [2.24, 2.45) is 4.99 Å². The summed E-state index contributed by atoms with van der Waals surface area (Å²) in [6.45, 7) is 0.281. The molecular formula is C20H17FN2O2. The molecule has 0 unspecified atom stereocenters. The van der Waals surface area contributed by atoms with Gasteiger partial charge in [-0.3, -0.25) is 4.79 Å². The first-order valence-electron chi connectivity index (χ1n) is 7.86. The van der Waals surface area contributed by atoms with Crippen molar-refractivity contribution in [3.63, 3.8) is 0 Å². The lowest BCUT2D eigenvalue weighted by atomic mass is 10.2. The van der Waals surface area contributed by atoms with Gasteiger partial charge in [0.25, 0.3) is 5.91 Å². The van der Waals surface area contributed by atoms with Crippen LogP contribution >= 0.6 is 0 Å². The Bertz CT molecular complexity index is 920. The smallest absolute Gasteiger partial charge is 0.285 e. The monoisotopic (exact) mass is 336 g/mol. The Balaban J connectivity index is 1.74. The van der Waals surface area contributed by atoms with E-state index in [4.69, 9.17) is 4.74 Å². The van der Waals surface area contributed by atoms with Crippen molar-refractivity contribution >= 4 is 5.91 Å². The highest BCUT2D eigenvalue weighted by molar-refractivity contribution is 5.78. The van der Waals surface area contributed by atoms with E-state index in [0.717, 1.165) is 5.56 Å². The molecule has 3 aromatic rings. The fourth-order valence-electron chi connectivity index (χ4n) is 2.34. The van der Waals surface area contributed by atoms with Crippen LogP contribution in [-0.2, 0) is 11.3 Å². The number of halogens is 1.